The van der Waals surface area contributed by atoms with E-state index in [9.17, 15) is 0 Å². The Hall–Kier alpha value is -3.09. The Kier molecular flexibility index (Phi) is 7.27. The average molecular weight is 413 g/mol. The first kappa shape index (κ1) is 21.6. The second-order valence-electron chi connectivity index (χ2n) is 7.26. The van der Waals surface area contributed by atoms with E-state index in [1.807, 2.05) is 12.1 Å². The van der Waals surface area contributed by atoms with Gasteiger partial charge in [-0.2, -0.15) is 0 Å². The number of anilines is 1. The molecule has 30 heavy (non-hydrogen) atoms. The van der Waals surface area contributed by atoms with Crippen molar-refractivity contribution in [3.63, 3.8) is 0 Å². The van der Waals surface area contributed by atoms with Gasteiger partial charge in [-0.15, -0.1) is 0 Å². The number of nitrogens with zero attached hydrogens (tertiary/aromatic N) is 2. The Labute approximate surface area is 179 Å². The van der Waals surface area contributed by atoms with Gasteiger partial charge in [-0.1, -0.05) is 18.2 Å². The fraction of sp³-hybridized carbons (Fsp3) is 0.435. The molecule has 1 aliphatic heterocycles. The van der Waals surface area contributed by atoms with Gasteiger partial charge in [0.15, 0.2) is 17.5 Å². The van der Waals surface area contributed by atoms with Crippen molar-refractivity contribution in [2.24, 2.45) is 4.99 Å². The van der Waals surface area contributed by atoms with Crippen LogP contribution in [0.5, 0.6) is 17.2 Å². The lowest BCUT2D eigenvalue weighted by Crippen LogP contribution is -2.42. The van der Waals surface area contributed by atoms with Gasteiger partial charge in [0.2, 0.25) is 5.75 Å². The summed E-state index contributed by atoms with van der Waals surface area (Å²) in [5, 5.41) is 6.76. The molecular weight excluding hydrogens is 380 g/mol. The Morgan fingerprint density at radius 2 is 1.77 bits per heavy atom. The highest BCUT2D eigenvalue weighted by molar-refractivity contribution is 5.79. The SMILES string of the molecule is CN=C(NCCN1c2ccccc2CC1C)NCc1cc(OC)c(OC)c(OC)c1. The number of benzene rings is 2. The van der Waals surface area contributed by atoms with Gasteiger partial charge >= 0.3 is 0 Å². The molecule has 0 saturated heterocycles. The minimum Gasteiger partial charge on any atom is -0.493 e. The van der Waals surface area contributed by atoms with E-state index in [0.29, 0.717) is 29.8 Å². The van der Waals surface area contributed by atoms with Crippen LogP contribution < -0.4 is 29.7 Å². The molecule has 0 bridgehead atoms. The number of fused-ring (bicyclic) bond motifs is 1. The number of ether oxygens (including phenoxy) is 3. The summed E-state index contributed by atoms with van der Waals surface area (Å²) in [6, 6.07) is 13.0. The number of nitrogens with one attached hydrogen (secondary N) is 2. The maximum absolute atomic E-state index is 5.43. The monoisotopic (exact) mass is 412 g/mol. The number of hydrogen-bond donors (Lipinski definition) is 2. The van der Waals surface area contributed by atoms with E-state index in [4.69, 9.17) is 14.2 Å². The molecule has 0 amide bonds. The van der Waals surface area contributed by atoms with Crippen LogP contribution in [0.15, 0.2) is 41.4 Å². The van der Waals surface area contributed by atoms with Crippen LogP contribution in [-0.2, 0) is 13.0 Å². The van der Waals surface area contributed by atoms with Gasteiger partial charge in [0.25, 0.3) is 0 Å². The van der Waals surface area contributed by atoms with Gasteiger partial charge in [-0.25, -0.2) is 0 Å². The van der Waals surface area contributed by atoms with Crippen LogP contribution in [0.4, 0.5) is 5.69 Å². The number of methoxy groups -OCH3 is 3. The third kappa shape index (κ3) is 4.72. The predicted octanol–water partition coefficient (Wildman–Crippen LogP) is 2.83. The van der Waals surface area contributed by atoms with Crippen LogP contribution in [-0.4, -0.2) is 53.5 Å². The third-order valence-electron chi connectivity index (χ3n) is 5.40. The highest BCUT2D eigenvalue weighted by Gasteiger charge is 2.24. The van der Waals surface area contributed by atoms with Crippen molar-refractivity contribution in [1.29, 1.82) is 0 Å². The molecule has 1 aliphatic rings. The van der Waals surface area contributed by atoms with Crippen LogP contribution in [0.3, 0.4) is 0 Å². The number of rotatable bonds is 8. The highest BCUT2D eigenvalue weighted by atomic mass is 16.5. The molecule has 2 aromatic rings. The van der Waals surface area contributed by atoms with Crippen LogP contribution in [0.2, 0.25) is 0 Å². The molecule has 0 radical (unpaired) electrons. The standard InChI is InChI=1S/C23H32N4O3/c1-16-12-18-8-6-7-9-19(18)27(16)11-10-25-23(24-2)26-15-17-13-20(28-3)22(30-5)21(14-17)29-4/h6-9,13-14,16H,10-12,15H2,1-5H3,(H2,24,25,26). The summed E-state index contributed by atoms with van der Waals surface area (Å²) in [5.41, 5.74) is 3.77. The first-order valence-corrected chi connectivity index (χ1v) is 10.2. The summed E-state index contributed by atoms with van der Waals surface area (Å²) in [5.74, 6) is 2.62. The lowest BCUT2D eigenvalue weighted by Gasteiger charge is -2.25. The molecule has 3 rings (SSSR count). The molecule has 162 valence electrons. The van der Waals surface area contributed by atoms with Crippen molar-refractivity contribution in [1.82, 2.24) is 10.6 Å². The summed E-state index contributed by atoms with van der Waals surface area (Å²) in [6.45, 7) is 4.58. The van der Waals surface area contributed by atoms with E-state index < -0.39 is 0 Å². The quantitative estimate of drug-likeness (QED) is 0.513. The molecule has 7 heteroatoms. The molecule has 0 fully saturated rings. The van der Waals surface area contributed by atoms with Gasteiger partial charge in [0.1, 0.15) is 0 Å². The Morgan fingerprint density at radius 3 is 2.40 bits per heavy atom. The summed E-state index contributed by atoms with van der Waals surface area (Å²) >= 11 is 0. The number of aliphatic imine (C=N–C) groups is 1. The summed E-state index contributed by atoms with van der Waals surface area (Å²) in [7, 11) is 6.61. The van der Waals surface area contributed by atoms with Gasteiger partial charge in [0.05, 0.1) is 21.3 Å². The van der Waals surface area contributed by atoms with Gasteiger partial charge in [-0.3, -0.25) is 4.99 Å². The van der Waals surface area contributed by atoms with Crippen molar-refractivity contribution >= 4 is 11.6 Å². The van der Waals surface area contributed by atoms with Crippen LogP contribution in [0.1, 0.15) is 18.1 Å². The van der Waals surface area contributed by atoms with Crippen LogP contribution >= 0.6 is 0 Å². The van der Waals surface area contributed by atoms with Crippen molar-refractivity contribution in [3.05, 3.63) is 47.5 Å². The van der Waals surface area contributed by atoms with E-state index in [0.717, 1.165) is 31.0 Å². The minimum absolute atomic E-state index is 0.512. The van der Waals surface area contributed by atoms with E-state index in [-0.39, 0.29) is 0 Å². The molecule has 0 spiro atoms. The molecule has 0 saturated carbocycles. The first-order chi connectivity index (χ1) is 14.6. The third-order valence-corrected chi connectivity index (χ3v) is 5.40. The van der Waals surface area contributed by atoms with Crippen LogP contribution in [0, 0.1) is 0 Å². The molecule has 0 aliphatic carbocycles. The van der Waals surface area contributed by atoms with Gasteiger partial charge < -0.3 is 29.7 Å². The molecule has 2 aromatic carbocycles. The number of guanidine groups is 1. The lowest BCUT2D eigenvalue weighted by molar-refractivity contribution is 0.323. The maximum Gasteiger partial charge on any atom is 0.203 e. The smallest absolute Gasteiger partial charge is 0.203 e. The zero-order chi connectivity index (χ0) is 21.5. The predicted molar refractivity (Wildman–Crippen MR) is 121 cm³/mol. The minimum atomic E-state index is 0.512. The zero-order valence-electron chi connectivity index (χ0n) is 18.5. The Balaban J connectivity index is 1.56. The second-order valence-corrected chi connectivity index (χ2v) is 7.26. The fourth-order valence-electron chi connectivity index (χ4n) is 3.91. The van der Waals surface area contributed by atoms with Crippen molar-refractivity contribution in [3.8, 4) is 17.2 Å². The van der Waals surface area contributed by atoms with Crippen molar-refractivity contribution in [2.45, 2.75) is 25.9 Å². The molecule has 7 nitrogen and oxygen atoms in total. The van der Waals surface area contributed by atoms with Crippen molar-refractivity contribution in [2.75, 3.05) is 46.4 Å². The molecule has 1 heterocycles. The largest absolute Gasteiger partial charge is 0.493 e. The number of hydrogen-bond acceptors (Lipinski definition) is 5. The van der Waals surface area contributed by atoms with E-state index in [2.05, 4.69) is 51.7 Å². The summed E-state index contributed by atoms with van der Waals surface area (Å²) in [6.07, 6.45) is 1.10. The molecule has 0 aromatic heterocycles. The molecular formula is C23H32N4O3. The Bertz CT molecular complexity index is 859. The topological polar surface area (TPSA) is 67.4 Å². The Morgan fingerprint density at radius 1 is 1.07 bits per heavy atom. The fourth-order valence-corrected chi connectivity index (χ4v) is 3.91. The highest BCUT2D eigenvalue weighted by Crippen LogP contribution is 2.38. The maximum atomic E-state index is 5.43. The van der Waals surface area contributed by atoms with Crippen LogP contribution in [0.25, 0.3) is 0 Å². The lowest BCUT2D eigenvalue weighted by atomic mass is 10.1. The van der Waals surface area contributed by atoms with Crippen molar-refractivity contribution < 1.29 is 14.2 Å². The first-order valence-electron chi connectivity index (χ1n) is 10.2. The average Bonchev–Trinajstić information content (AvgIpc) is 3.10. The molecule has 1 unspecified atom stereocenters. The second kappa shape index (κ2) is 10.1. The zero-order valence-corrected chi connectivity index (χ0v) is 18.5. The summed E-state index contributed by atoms with van der Waals surface area (Å²) in [4.78, 5) is 6.79. The molecule has 1 atom stereocenters. The van der Waals surface area contributed by atoms with Gasteiger partial charge in [0, 0.05) is 38.4 Å². The van der Waals surface area contributed by atoms with E-state index >= 15 is 0 Å². The number of para-hydroxylation sites is 1. The summed E-state index contributed by atoms with van der Waals surface area (Å²) < 4.78 is 16.2. The molecule has 2 N–H and O–H groups in total. The normalized spacial score (nSPS) is 15.6. The van der Waals surface area contributed by atoms with E-state index in [1.165, 1.54) is 11.3 Å². The van der Waals surface area contributed by atoms with E-state index in [1.54, 1.807) is 28.4 Å². The van der Waals surface area contributed by atoms with Gasteiger partial charge in [-0.05, 0) is 42.7 Å².